The van der Waals surface area contributed by atoms with Crippen molar-refractivity contribution in [2.75, 3.05) is 19.0 Å². The average molecular weight is 470 g/mol. The average Bonchev–Trinajstić information content (AvgIpc) is 3.29. The summed E-state index contributed by atoms with van der Waals surface area (Å²) in [5, 5.41) is 17.7. The fourth-order valence-corrected chi connectivity index (χ4v) is 3.81. The summed E-state index contributed by atoms with van der Waals surface area (Å²) >= 11 is 0. The van der Waals surface area contributed by atoms with Crippen LogP contribution in [0.2, 0.25) is 0 Å². The Morgan fingerprint density at radius 2 is 2.00 bits per heavy atom. The summed E-state index contributed by atoms with van der Waals surface area (Å²) in [6, 6.07) is 17.6. The van der Waals surface area contributed by atoms with Gasteiger partial charge in [-0.15, -0.1) is 0 Å². The summed E-state index contributed by atoms with van der Waals surface area (Å²) in [4.78, 5) is 17.4. The van der Waals surface area contributed by atoms with Crippen LogP contribution in [-0.4, -0.2) is 34.4 Å². The lowest BCUT2D eigenvalue weighted by Crippen LogP contribution is -2.17. The maximum Gasteiger partial charge on any atom is 0.225 e. The molecule has 0 radical (unpaired) electrons. The molecule has 8 nitrogen and oxygen atoms in total. The molecular formula is C27H27N5O3. The normalized spacial score (nSPS) is 10.7. The number of carbonyl (C=O) groups is 1. The van der Waals surface area contributed by atoms with E-state index in [0.717, 1.165) is 23.1 Å². The SMILES string of the molecule is CCc1ccc(OCCCC(=O)Nc2c(C#N)cnn2-c2cc(C)c3cccc(OC)c3n2)cc1. The summed E-state index contributed by atoms with van der Waals surface area (Å²) < 4.78 is 12.7. The van der Waals surface area contributed by atoms with Crippen LogP contribution in [0.4, 0.5) is 5.82 Å². The van der Waals surface area contributed by atoms with E-state index in [-0.39, 0.29) is 23.7 Å². The highest BCUT2D eigenvalue weighted by Crippen LogP contribution is 2.29. The van der Waals surface area contributed by atoms with Crippen molar-refractivity contribution in [3.63, 3.8) is 0 Å². The van der Waals surface area contributed by atoms with Crippen LogP contribution in [0.5, 0.6) is 11.5 Å². The molecule has 0 saturated carbocycles. The molecule has 8 heteroatoms. The van der Waals surface area contributed by atoms with Crippen LogP contribution < -0.4 is 14.8 Å². The molecular weight excluding hydrogens is 442 g/mol. The first kappa shape index (κ1) is 23.8. The standard InChI is InChI=1S/C27H27N5O3/c1-4-19-10-12-21(13-11-19)35-14-6-9-25(33)31-27-20(16-28)17-29-32(27)24-15-18(2)22-7-5-8-23(34-3)26(22)30-24/h5,7-8,10-13,15,17H,4,6,9,14H2,1-3H3,(H,31,33). The first-order valence-corrected chi connectivity index (χ1v) is 11.5. The van der Waals surface area contributed by atoms with Gasteiger partial charge in [-0.05, 0) is 55.2 Å². The number of ether oxygens (including phenoxy) is 2. The third-order valence-electron chi connectivity index (χ3n) is 5.73. The number of aryl methyl sites for hydroxylation is 2. The molecule has 0 aliphatic heterocycles. The largest absolute Gasteiger partial charge is 0.494 e. The second-order valence-corrected chi connectivity index (χ2v) is 8.08. The van der Waals surface area contributed by atoms with Gasteiger partial charge in [0.25, 0.3) is 0 Å². The van der Waals surface area contributed by atoms with Gasteiger partial charge in [0.1, 0.15) is 28.6 Å². The first-order chi connectivity index (χ1) is 17.0. The molecule has 35 heavy (non-hydrogen) atoms. The number of hydrogen-bond acceptors (Lipinski definition) is 6. The van der Waals surface area contributed by atoms with Crippen molar-refractivity contribution < 1.29 is 14.3 Å². The molecule has 0 spiro atoms. The molecule has 2 aromatic heterocycles. The van der Waals surface area contributed by atoms with Gasteiger partial charge in [0.05, 0.1) is 19.9 Å². The molecule has 2 aromatic carbocycles. The lowest BCUT2D eigenvalue weighted by atomic mass is 10.1. The third kappa shape index (κ3) is 5.25. The number of methoxy groups -OCH3 is 1. The van der Waals surface area contributed by atoms with Gasteiger partial charge in [0.2, 0.25) is 5.91 Å². The van der Waals surface area contributed by atoms with Crippen molar-refractivity contribution in [1.29, 1.82) is 5.26 Å². The maximum atomic E-state index is 12.7. The van der Waals surface area contributed by atoms with E-state index < -0.39 is 0 Å². The molecule has 0 unspecified atom stereocenters. The Balaban J connectivity index is 1.48. The van der Waals surface area contributed by atoms with Gasteiger partial charge in [0.15, 0.2) is 11.6 Å². The Labute approximate surface area is 204 Å². The zero-order valence-corrected chi connectivity index (χ0v) is 20.0. The smallest absolute Gasteiger partial charge is 0.225 e. The fraction of sp³-hybridized carbons (Fsp3) is 0.259. The Morgan fingerprint density at radius 1 is 1.20 bits per heavy atom. The van der Waals surface area contributed by atoms with E-state index in [0.29, 0.717) is 30.1 Å². The zero-order chi connectivity index (χ0) is 24.8. The number of aromatic nitrogens is 3. The van der Waals surface area contributed by atoms with Crippen molar-refractivity contribution in [3.05, 3.63) is 71.4 Å². The lowest BCUT2D eigenvalue weighted by Gasteiger charge is -2.12. The van der Waals surface area contributed by atoms with Crippen molar-refractivity contribution in [2.24, 2.45) is 0 Å². The molecule has 0 aliphatic rings. The van der Waals surface area contributed by atoms with Gasteiger partial charge in [-0.25, -0.2) is 4.98 Å². The quantitative estimate of drug-likeness (QED) is 0.347. The highest BCUT2D eigenvalue weighted by atomic mass is 16.5. The number of carbonyl (C=O) groups excluding carboxylic acids is 1. The molecule has 0 atom stereocenters. The molecule has 0 fully saturated rings. The highest BCUT2D eigenvalue weighted by molar-refractivity contribution is 5.92. The van der Waals surface area contributed by atoms with Gasteiger partial charge >= 0.3 is 0 Å². The third-order valence-corrected chi connectivity index (χ3v) is 5.73. The van der Waals surface area contributed by atoms with Crippen LogP contribution in [0, 0.1) is 18.3 Å². The zero-order valence-electron chi connectivity index (χ0n) is 20.0. The predicted molar refractivity (Wildman–Crippen MR) is 134 cm³/mol. The lowest BCUT2D eigenvalue weighted by molar-refractivity contribution is -0.116. The molecule has 4 aromatic rings. The van der Waals surface area contributed by atoms with Crippen LogP contribution in [-0.2, 0) is 11.2 Å². The van der Waals surface area contributed by atoms with Gasteiger partial charge in [0, 0.05) is 11.8 Å². The molecule has 1 amide bonds. The number of fused-ring (bicyclic) bond motifs is 1. The molecule has 4 rings (SSSR count). The number of nitrogens with one attached hydrogen (secondary N) is 1. The van der Waals surface area contributed by atoms with Gasteiger partial charge in [-0.2, -0.15) is 15.0 Å². The van der Waals surface area contributed by atoms with E-state index in [1.807, 2.05) is 55.5 Å². The minimum absolute atomic E-state index is 0.233. The van der Waals surface area contributed by atoms with Crippen molar-refractivity contribution in [1.82, 2.24) is 14.8 Å². The monoisotopic (exact) mass is 469 g/mol. The van der Waals surface area contributed by atoms with Gasteiger partial charge in [-0.1, -0.05) is 31.2 Å². The van der Waals surface area contributed by atoms with E-state index >= 15 is 0 Å². The molecule has 0 saturated heterocycles. The fourth-order valence-electron chi connectivity index (χ4n) is 3.81. The Morgan fingerprint density at radius 3 is 2.71 bits per heavy atom. The molecule has 2 heterocycles. The predicted octanol–water partition coefficient (Wildman–Crippen LogP) is 4.97. The number of para-hydroxylation sites is 1. The summed E-state index contributed by atoms with van der Waals surface area (Å²) in [7, 11) is 1.59. The number of nitrogens with zero attached hydrogens (tertiary/aromatic N) is 4. The Kier molecular flexibility index (Phi) is 7.27. The molecule has 0 bridgehead atoms. The summed E-state index contributed by atoms with van der Waals surface area (Å²) in [6.45, 7) is 4.48. The van der Waals surface area contributed by atoms with Crippen LogP contribution >= 0.6 is 0 Å². The number of rotatable bonds is 9. The van der Waals surface area contributed by atoms with E-state index in [4.69, 9.17) is 14.5 Å². The molecule has 0 aliphatic carbocycles. The number of hydrogen-bond donors (Lipinski definition) is 1. The van der Waals surface area contributed by atoms with Crippen LogP contribution in [0.25, 0.3) is 16.7 Å². The van der Waals surface area contributed by atoms with E-state index in [1.54, 1.807) is 7.11 Å². The molecule has 178 valence electrons. The highest BCUT2D eigenvalue weighted by Gasteiger charge is 2.18. The summed E-state index contributed by atoms with van der Waals surface area (Å²) in [5.41, 5.74) is 3.15. The maximum absolute atomic E-state index is 12.7. The number of pyridine rings is 1. The summed E-state index contributed by atoms with van der Waals surface area (Å²) in [6.07, 6.45) is 3.16. The summed E-state index contributed by atoms with van der Waals surface area (Å²) in [5.74, 6) is 1.95. The van der Waals surface area contributed by atoms with E-state index in [2.05, 4.69) is 23.4 Å². The van der Waals surface area contributed by atoms with E-state index in [9.17, 15) is 10.1 Å². The van der Waals surface area contributed by atoms with Crippen molar-refractivity contribution in [2.45, 2.75) is 33.1 Å². The second kappa shape index (κ2) is 10.7. The molecule has 1 N–H and O–H groups in total. The van der Waals surface area contributed by atoms with Crippen molar-refractivity contribution >= 4 is 22.6 Å². The number of benzene rings is 2. The number of amides is 1. The second-order valence-electron chi connectivity index (χ2n) is 8.08. The first-order valence-electron chi connectivity index (χ1n) is 11.5. The van der Waals surface area contributed by atoms with Gasteiger partial charge in [-0.3, -0.25) is 4.79 Å². The minimum Gasteiger partial charge on any atom is -0.494 e. The van der Waals surface area contributed by atoms with Gasteiger partial charge < -0.3 is 14.8 Å². The minimum atomic E-state index is -0.233. The van der Waals surface area contributed by atoms with Crippen LogP contribution in [0.1, 0.15) is 36.5 Å². The van der Waals surface area contributed by atoms with Crippen molar-refractivity contribution in [3.8, 4) is 23.4 Å². The topological polar surface area (TPSA) is 102 Å². The Bertz CT molecular complexity index is 1390. The van der Waals surface area contributed by atoms with Crippen LogP contribution in [0.15, 0.2) is 54.7 Å². The van der Waals surface area contributed by atoms with E-state index in [1.165, 1.54) is 16.4 Å². The Hall–Kier alpha value is -4.38. The number of anilines is 1. The van der Waals surface area contributed by atoms with Crippen LogP contribution in [0.3, 0.4) is 0 Å². The number of nitriles is 1.